The second-order valence-electron chi connectivity index (χ2n) is 5.50. The molecule has 0 saturated carbocycles. The van der Waals surface area contributed by atoms with Crippen LogP contribution in [0.1, 0.15) is 37.7 Å². The van der Waals surface area contributed by atoms with Gasteiger partial charge >= 0.3 is 5.97 Å². The maximum Gasteiger partial charge on any atom is 0.308 e. The van der Waals surface area contributed by atoms with Crippen LogP contribution in [0, 0.1) is 5.92 Å². The van der Waals surface area contributed by atoms with E-state index in [1.807, 2.05) is 13.8 Å². The third kappa shape index (κ3) is 3.32. The average molecular weight is 292 g/mol. The zero-order chi connectivity index (χ0) is 15.6. The monoisotopic (exact) mass is 292 g/mol. The van der Waals surface area contributed by atoms with Crippen molar-refractivity contribution in [3.8, 4) is 5.88 Å². The fourth-order valence-corrected chi connectivity index (χ4v) is 2.54. The number of carbonyl (C=O) groups excluding carboxylic acids is 1. The van der Waals surface area contributed by atoms with Crippen LogP contribution in [-0.4, -0.2) is 45.6 Å². The summed E-state index contributed by atoms with van der Waals surface area (Å²) in [7, 11) is 0. The van der Waals surface area contributed by atoms with Crippen LogP contribution < -0.4 is 4.74 Å². The molecule has 1 aliphatic heterocycles. The SMILES string of the molecule is CC(C)Oc1cccc(C(=O)N2CCC(C(=O)O)C2C)n1. The second-order valence-corrected chi connectivity index (χ2v) is 5.50. The van der Waals surface area contributed by atoms with Crippen molar-refractivity contribution in [3.05, 3.63) is 23.9 Å². The quantitative estimate of drug-likeness (QED) is 0.915. The number of aromatic nitrogens is 1. The fraction of sp³-hybridized carbons (Fsp3) is 0.533. The van der Waals surface area contributed by atoms with E-state index in [0.29, 0.717) is 18.8 Å². The first-order chi connectivity index (χ1) is 9.90. The topological polar surface area (TPSA) is 79.7 Å². The van der Waals surface area contributed by atoms with Crippen molar-refractivity contribution in [1.29, 1.82) is 0 Å². The number of carboxylic acids is 1. The van der Waals surface area contributed by atoms with E-state index >= 15 is 0 Å². The number of nitrogens with zero attached hydrogens (tertiary/aromatic N) is 2. The van der Waals surface area contributed by atoms with Gasteiger partial charge in [-0.1, -0.05) is 6.07 Å². The number of ether oxygens (including phenoxy) is 1. The highest BCUT2D eigenvalue weighted by Crippen LogP contribution is 2.26. The summed E-state index contributed by atoms with van der Waals surface area (Å²) in [5.41, 5.74) is 0.283. The number of amides is 1. The molecule has 6 nitrogen and oxygen atoms in total. The molecule has 2 unspecified atom stereocenters. The van der Waals surface area contributed by atoms with Crippen molar-refractivity contribution in [3.63, 3.8) is 0 Å². The molecule has 0 aromatic carbocycles. The third-order valence-electron chi connectivity index (χ3n) is 3.63. The molecule has 1 N–H and O–H groups in total. The lowest BCUT2D eigenvalue weighted by molar-refractivity contribution is -0.142. The van der Waals surface area contributed by atoms with Crippen LogP contribution in [0.4, 0.5) is 0 Å². The van der Waals surface area contributed by atoms with E-state index in [1.54, 1.807) is 30.0 Å². The molecule has 0 spiro atoms. The van der Waals surface area contributed by atoms with E-state index in [4.69, 9.17) is 9.84 Å². The molecule has 2 heterocycles. The van der Waals surface area contributed by atoms with Crippen LogP contribution in [0.3, 0.4) is 0 Å². The molecule has 1 aromatic rings. The Labute approximate surface area is 123 Å². The van der Waals surface area contributed by atoms with Crippen LogP contribution in [0.2, 0.25) is 0 Å². The first-order valence-corrected chi connectivity index (χ1v) is 7.07. The van der Waals surface area contributed by atoms with Gasteiger partial charge in [-0.25, -0.2) is 4.98 Å². The number of pyridine rings is 1. The van der Waals surface area contributed by atoms with E-state index in [0.717, 1.165) is 0 Å². The van der Waals surface area contributed by atoms with Crippen LogP contribution in [-0.2, 0) is 4.79 Å². The zero-order valence-electron chi connectivity index (χ0n) is 12.4. The van der Waals surface area contributed by atoms with E-state index < -0.39 is 11.9 Å². The fourth-order valence-electron chi connectivity index (χ4n) is 2.54. The highest BCUT2D eigenvalue weighted by atomic mass is 16.5. The predicted octanol–water partition coefficient (Wildman–Crippen LogP) is 1.80. The Morgan fingerprint density at radius 3 is 2.71 bits per heavy atom. The van der Waals surface area contributed by atoms with Gasteiger partial charge in [0.25, 0.3) is 5.91 Å². The minimum Gasteiger partial charge on any atom is -0.481 e. The van der Waals surface area contributed by atoms with Crippen molar-refractivity contribution < 1.29 is 19.4 Å². The van der Waals surface area contributed by atoms with Crippen molar-refractivity contribution >= 4 is 11.9 Å². The van der Waals surface area contributed by atoms with E-state index in [1.165, 1.54) is 0 Å². The van der Waals surface area contributed by atoms with Gasteiger partial charge in [-0.3, -0.25) is 9.59 Å². The average Bonchev–Trinajstić information content (AvgIpc) is 2.79. The van der Waals surface area contributed by atoms with Gasteiger partial charge in [-0.15, -0.1) is 0 Å². The van der Waals surface area contributed by atoms with E-state index in [-0.39, 0.29) is 23.7 Å². The Bertz CT molecular complexity index is 544. The molecule has 0 bridgehead atoms. The summed E-state index contributed by atoms with van der Waals surface area (Å²) >= 11 is 0. The van der Waals surface area contributed by atoms with Gasteiger partial charge in [0.2, 0.25) is 5.88 Å². The standard InChI is InChI=1S/C15H20N2O4/c1-9(2)21-13-6-4-5-12(16-13)14(18)17-8-7-11(10(17)3)15(19)20/h4-6,9-11H,7-8H2,1-3H3,(H,19,20). The lowest BCUT2D eigenvalue weighted by Gasteiger charge is -2.23. The predicted molar refractivity (Wildman–Crippen MR) is 76.2 cm³/mol. The van der Waals surface area contributed by atoms with Crippen molar-refractivity contribution in [2.24, 2.45) is 5.92 Å². The number of rotatable bonds is 4. The summed E-state index contributed by atoms with van der Waals surface area (Å²) in [6.07, 6.45) is 0.453. The van der Waals surface area contributed by atoms with Gasteiger partial charge in [-0.2, -0.15) is 0 Å². The van der Waals surface area contributed by atoms with Gasteiger partial charge in [0, 0.05) is 18.7 Å². The Balaban J connectivity index is 2.15. The third-order valence-corrected chi connectivity index (χ3v) is 3.63. The van der Waals surface area contributed by atoms with Gasteiger partial charge in [-0.05, 0) is 33.3 Å². The van der Waals surface area contributed by atoms with Crippen molar-refractivity contribution in [2.75, 3.05) is 6.54 Å². The van der Waals surface area contributed by atoms with Gasteiger partial charge in [0.05, 0.1) is 12.0 Å². The van der Waals surface area contributed by atoms with Gasteiger partial charge < -0.3 is 14.7 Å². The first-order valence-electron chi connectivity index (χ1n) is 7.07. The Hall–Kier alpha value is -2.11. The van der Waals surface area contributed by atoms with Crippen LogP contribution in [0.25, 0.3) is 0 Å². The largest absolute Gasteiger partial charge is 0.481 e. The number of carbonyl (C=O) groups is 2. The summed E-state index contributed by atoms with van der Waals surface area (Å²) in [6.45, 7) is 5.97. The molecule has 1 saturated heterocycles. The molecular weight excluding hydrogens is 272 g/mol. The van der Waals surface area contributed by atoms with Gasteiger partial charge in [0.15, 0.2) is 0 Å². The summed E-state index contributed by atoms with van der Waals surface area (Å²) in [5, 5.41) is 9.12. The summed E-state index contributed by atoms with van der Waals surface area (Å²) in [5.74, 6) is -1.22. The summed E-state index contributed by atoms with van der Waals surface area (Å²) in [4.78, 5) is 29.4. The number of hydrogen-bond acceptors (Lipinski definition) is 4. The highest BCUT2D eigenvalue weighted by Gasteiger charge is 2.38. The normalized spacial score (nSPS) is 21.6. The maximum atomic E-state index is 12.5. The Morgan fingerprint density at radius 1 is 1.43 bits per heavy atom. The van der Waals surface area contributed by atoms with Crippen LogP contribution in [0.5, 0.6) is 5.88 Å². The molecule has 1 aliphatic rings. The van der Waals surface area contributed by atoms with E-state index in [2.05, 4.69) is 4.98 Å². The molecule has 1 aromatic heterocycles. The number of carboxylic acid groups (broad SMARTS) is 1. The molecule has 6 heteroatoms. The smallest absolute Gasteiger partial charge is 0.308 e. The minimum absolute atomic E-state index is 0.0232. The maximum absolute atomic E-state index is 12.5. The molecule has 0 radical (unpaired) electrons. The van der Waals surface area contributed by atoms with Crippen molar-refractivity contribution in [1.82, 2.24) is 9.88 Å². The lowest BCUT2D eigenvalue weighted by atomic mass is 10.0. The molecule has 2 atom stereocenters. The summed E-state index contributed by atoms with van der Waals surface area (Å²) < 4.78 is 5.48. The number of aliphatic carboxylic acids is 1. The lowest BCUT2D eigenvalue weighted by Crippen LogP contribution is -2.38. The minimum atomic E-state index is -0.859. The molecule has 21 heavy (non-hydrogen) atoms. The Kier molecular flexibility index (Phi) is 4.45. The molecule has 2 rings (SSSR count). The second kappa shape index (κ2) is 6.11. The van der Waals surface area contributed by atoms with Gasteiger partial charge in [0.1, 0.15) is 5.69 Å². The molecular formula is C15H20N2O4. The van der Waals surface area contributed by atoms with E-state index in [9.17, 15) is 9.59 Å². The molecule has 114 valence electrons. The zero-order valence-corrected chi connectivity index (χ0v) is 12.4. The summed E-state index contributed by atoms with van der Waals surface area (Å²) in [6, 6.07) is 4.71. The van der Waals surface area contributed by atoms with Crippen LogP contribution >= 0.6 is 0 Å². The first kappa shape index (κ1) is 15.3. The molecule has 1 fully saturated rings. The molecule has 0 aliphatic carbocycles. The number of hydrogen-bond donors (Lipinski definition) is 1. The van der Waals surface area contributed by atoms with Crippen molar-refractivity contribution in [2.45, 2.75) is 39.3 Å². The van der Waals surface area contributed by atoms with Crippen LogP contribution in [0.15, 0.2) is 18.2 Å². The Morgan fingerprint density at radius 2 is 2.14 bits per heavy atom. The number of likely N-dealkylation sites (tertiary alicyclic amines) is 1. The highest BCUT2D eigenvalue weighted by molar-refractivity contribution is 5.93. The molecule has 1 amide bonds.